The summed E-state index contributed by atoms with van der Waals surface area (Å²) in [6.07, 6.45) is 8.24. The van der Waals surface area contributed by atoms with E-state index in [0.717, 1.165) is 0 Å². The van der Waals surface area contributed by atoms with Crippen LogP contribution in [-0.2, 0) is 0 Å². The van der Waals surface area contributed by atoms with Gasteiger partial charge in [-0.1, -0.05) is 5.92 Å². The second-order valence-electron chi connectivity index (χ2n) is 4.51. The van der Waals surface area contributed by atoms with Crippen molar-refractivity contribution in [1.29, 1.82) is 0 Å². The van der Waals surface area contributed by atoms with E-state index in [4.69, 9.17) is 16.6 Å². The third kappa shape index (κ3) is 2.25. The number of hydrogen-bond acceptors (Lipinski definition) is 4. The predicted molar refractivity (Wildman–Crippen MR) is 80.1 cm³/mol. The van der Waals surface area contributed by atoms with Gasteiger partial charge in [-0.15, -0.1) is 6.42 Å². The van der Waals surface area contributed by atoms with E-state index in [-0.39, 0.29) is 17.1 Å². The number of nitrogens with two attached hydrogens (primary N) is 1. The second-order valence-corrected chi connectivity index (χ2v) is 4.51. The van der Waals surface area contributed by atoms with E-state index in [1.54, 1.807) is 12.1 Å². The minimum Gasteiger partial charge on any atom is -0.448 e. The summed E-state index contributed by atoms with van der Waals surface area (Å²) in [7, 11) is 0. The van der Waals surface area contributed by atoms with Crippen molar-refractivity contribution < 1.29 is 13.6 Å². The van der Waals surface area contributed by atoms with E-state index in [1.807, 2.05) is 0 Å². The Morgan fingerprint density at radius 1 is 1.41 bits per heavy atom. The molecule has 3 N–H and O–H groups in total. The van der Waals surface area contributed by atoms with Crippen molar-refractivity contribution in [3.05, 3.63) is 53.8 Å². The highest BCUT2D eigenvalue weighted by Gasteiger charge is 2.19. The number of nitrogens with zero attached hydrogens (tertiary/aromatic N) is 1. The summed E-state index contributed by atoms with van der Waals surface area (Å²) in [5.74, 6) is 0.932. The normalized spacial score (nSPS) is 10.4. The van der Waals surface area contributed by atoms with Crippen molar-refractivity contribution in [3.63, 3.8) is 0 Å². The number of terminal acetylenes is 1. The minimum absolute atomic E-state index is 0.0940. The van der Waals surface area contributed by atoms with Crippen molar-refractivity contribution >= 4 is 28.3 Å². The van der Waals surface area contributed by atoms with Gasteiger partial charge in [-0.3, -0.25) is 9.78 Å². The number of aromatic nitrogens is 1. The smallest absolute Gasteiger partial charge is 0.286 e. The van der Waals surface area contributed by atoms with Gasteiger partial charge >= 0.3 is 0 Å². The van der Waals surface area contributed by atoms with E-state index in [1.165, 1.54) is 24.5 Å². The molecule has 5 nitrogen and oxygen atoms in total. The fourth-order valence-electron chi connectivity index (χ4n) is 2.08. The van der Waals surface area contributed by atoms with Gasteiger partial charge in [-0.2, -0.15) is 0 Å². The zero-order chi connectivity index (χ0) is 15.7. The first-order valence-electron chi connectivity index (χ1n) is 6.29. The molecule has 6 heteroatoms. The van der Waals surface area contributed by atoms with Gasteiger partial charge in [0, 0.05) is 18.0 Å². The van der Waals surface area contributed by atoms with E-state index in [2.05, 4.69) is 16.2 Å². The number of halogens is 1. The number of amides is 1. The molecule has 22 heavy (non-hydrogen) atoms. The fourth-order valence-corrected chi connectivity index (χ4v) is 2.08. The van der Waals surface area contributed by atoms with Gasteiger partial charge < -0.3 is 15.5 Å². The highest BCUT2D eigenvalue weighted by atomic mass is 19.1. The molecule has 3 aromatic rings. The molecule has 1 aromatic carbocycles. The Morgan fingerprint density at radius 3 is 2.91 bits per heavy atom. The van der Waals surface area contributed by atoms with Gasteiger partial charge in [0.1, 0.15) is 17.1 Å². The Hall–Kier alpha value is -3.33. The van der Waals surface area contributed by atoms with Crippen LogP contribution in [0.2, 0.25) is 0 Å². The average molecular weight is 295 g/mol. The predicted octanol–water partition coefficient (Wildman–Crippen LogP) is 2.79. The average Bonchev–Trinajstić information content (AvgIpc) is 2.88. The van der Waals surface area contributed by atoms with Crippen LogP contribution in [0.15, 0.2) is 41.1 Å². The number of furan rings is 1. The van der Waals surface area contributed by atoms with Crippen LogP contribution in [0.1, 0.15) is 16.1 Å². The quantitative estimate of drug-likeness (QED) is 0.728. The lowest BCUT2D eigenvalue weighted by molar-refractivity contribution is 0.0977. The largest absolute Gasteiger partial charge is 0.448 e. The van der Waals surface area contributed by atoms with Gasteiger partial charge in [0.25, 0.3) is 5.91 Å². The molecule has 0 bridgehead atoms. The molecule has 0 aliphatic carbocycles. The molecule has 0 atom stereocenters. The monoisotopic (exact) mass is 295 g/mol. The third-order valence-corrected chi connectivity index (χ3v) is 3.11. The number of fused-ring (bicyclic) bond motifs is 1. The van der Waals surface area contributed by atoms with Crippen LogP contribution in [0.25, 0.3) is 11.0 Å². The first-order chi connectivity index (χ1) is 10.6. The number of benzene rings is 1. The minimum atomic E-state index is -0.764. The maximum absolute atomic E-state index is 14.0. The lowest BCUT2D eigenvalue weighted by Crippen LogP contribution is -2.11. The van der Waals surface area contributed by atoms with Crippen molar-refractivity contribution in [2.24, 2.45) is 5.73 Å². The molecule has 0 radical (unpaired) electrons. The fraction of sp³-hybridized carbons (Fsp3) is 0. The molecule has 0 fully saturated rings. The lowest BCUT2D eigenvalue weighted by atomic mass is 10.2. The van der Waals surface area contributed by atoms with E-state index in [9.17, 15) is 9.18 Å². The Morgan fingerprint density at radius 2 is 2.23 bits per heavy atom. The number of rotatable bonds is 3. The highest BCUT2D eigenvalue weighted by molar-refractivity contribution is 6.06. The van der Waals surface area contributed by atoms with Gasteiger partial charge in [0.05, 0.1) is 11.1 Å². The summed E-state index contributed by atoms with van der Waals surface area (Å²) in [4.78, 5) is 15.5. The van der Waals surface area contributed by atoms with Crippen molar-refractivity contribution in [2.75, 3.05) is 5.32 Å². The Balaban J connectivity index is 2.12. The summed E-state index contributed by atoms with van der Waals surface area (Å²) in [5, 5.41) is 3.34. The van der Waals surface area contributed by atoms with E-state index in [0.29, 0.717) is 16.5 Å². The first kappa shape index (κ1) is 13.6. The molecular weight excluding hydrogens is 285 g/mol. The van der Waals surface area contributed by atoms with E-state index < -0.39 is 11.7 Å². The molecule has 3 rings (SSSR count). The molecule has 0 aliphatic heterocycles. The molecular formula is C16H10FN3O2. The Bertz CT molecular complexity index is 925. The second kappa shape index (κ2) is 5.22. The van der Waals surface area contributed by atoms with Crippen LogP contribution in [0.5, 0.6) is 0 Å². The van der Waals surface area contributed by atoms with Crippen LogP contribution in [0.4, 0.5) is 15.8 Å². The molecule has 0 saturated carbocycles. The van der Waals surface area contributed by atoms with Crippen molar-refractivity contribution in [1.82, 2.24) is 4.98 Å². The number of anilines is 2. The SMILES string of the molecule is C#Cc1ccc(Nc2c(C(N)=O)oc3ccncc23)c(F)c1. The lowest BCUT2D eigenvalue weighted by Gasteiger charge is -2.07. The van der Waals surface area contributed by atoms with Gasteiger partial charge in [0.2, 0.25) is 5.76 Å². The van der Waals surface area contributed by atoms with Crippen LogP contribution in [0, 0.1) is 18.2 Å². The van der Waals surface area contributed by atoms with Crippen molar-refractivity contribution in [2.45, 2.75) is 0 Å². The number of carbonyl (C=O) groups is 1. The standard InChI is InChI=1S/C16H10FN3O2/c1-2-9-3-4-12(11(17)7-9)20-14-10-8-19-6-5-13(10)22-15(14)16(18)21/h1,3-8,20H,(H2,18,21). The zero-order valence-corrected chi connectivity index (χ0v) is 11.3. The topological polar surface area (TPSA) is 81.1 Å². The third-order valence-electron chi connectivity index (χ3n) is 3.11. The summed E-state index contributed by atoms with van der Waals surface area (Å²) >= 11 is 0. The van der Waals surface area contributed by atoms with Crippen LogP contribution < -0.4 is 11.1 Å². The summed E-state index contributed by atoms with van der Waals surface area (Å²) < 4.78 is 19.4. The van der Waals surface area contributed by atoms with Crippen LogP contribution in [-0.4, -0.2) is 10.9 Å². The van der Waals surface area contributed by atoms with Gasteiger partial charge in [-0.05, 0) is 24.3 Å². The molecule has 2 heterocycles. The van der Waals surface area contributed by atoms with Crippen molar-refractivity contribution in [3.8, 4) is 12.3 Å². The van der Waals surface area contributed by atoms with E-state index >= 15 is 0 Å². The molecule has 0 unspecified atom stereocenters. The maximum Gasteiger partial charge on any atom is 0.286 e. The van der Waals surface area contributed by atoms with Crippen LogP contribution in [0.3, 0.4) is 0 Å². The van der Waals surface area contributed by atoms with Gasteiger partial charge in [-0.25, -0.2) is 4.39 Å². The summed E-state index contributed by atoms with van der Waals surface area (Å²) in [5.41, 5.74) is 6.55. The number of carbonyl (C=O) groups excluding carboxylic acids is 1. The first-order valence-corrected chi connectivity index (χ1v) is 6.29. The molecule has 2 aromatic heterocycles. The molecule has 108 valence electrons. The zero-order valence-electron chi connectivity index (χ0n) is 11.3. The molecule has 1 amide bonds. The summed E-state index contributed by atoms with van der Waals surface area (Å²) in [6.45, 7) is 0. The summed E-state index contributed by atoms with van der Waals surface area (Å²) in [6, 6.07) is 5.86. The number of pyridine rings is 1. The Kier molecular flexibility index (Phi) is 3.24. The number of hydrogen-bond donors (Lipinski definition) is 2. The highest BCUT2D eigenvalue weighted by Crippen LogP contribution is 2.33. The molecule has 0 aliphatic rings. The molecule has 0 spiro atoms. The van der Waals surface area contributed by atoms with Gasteiger partial charge in [0.15, 0.2) is 0 Å². The number of nitrogens with one attached hydrogen (secondary N) is 1. The Labute approximate surface area is 124 Å². The molecule has 0 saturated heterocycles. The maximum atomic E-state index is 14.0. The number of primary amides is 1. The van der Waals surface area contributed by atoms with Crippen LogP contribution >= 0.6 is 0 Å².